The van der Waals surface area contributed by atoms with Gasteiger partial charge in [-0.25, -0.2) is 4.79 Å². The fraction of sp³-hybridized carbons (Fsp3) is 0.429. The van der Waals surface area contributed by atoms with Crippen molar-refractivity contribution in [1.29, 1.82) is 0 Å². The molecule has 1 atom stereocenters. The van der Waals surface area contributed by atoms with Crippen molar-refractivity contribution in [3.63, 3.8) is 0 Å². The molecule has 0 radical (unpaired) electrons. The van der Waals surface area contributed by atoms with Gasteiger partial charge >= 0.3 is 5.97 Å². The third-order valence-electron chi connectivity index (χ3n) is 2.56. The molecule has 0 aromatic heterocycles. The Balaban J connectivity index is 2.23. The molecule has 0 aliphatic carbocycles. The van der Waals surface area contributed by atoms with Crippen molar-refractivity contribution in [2.45, 2.75) is 19.9 Å². The minimum absolute atomic E-state index is 0.159. The molecule has 1 aromatic carbocycles. The average molecular weight is 280 g/mol. The predicted molar refractivity (Wildman–Crippen MR) is 74.8 cm³/mol. The lowest BCUT2D eigenvalue weighted by Gasteiger charge is -2.14. The Labute approximate surface area is 118 Å². The van der Waals surface area contributed by atoms with Crippen molar-refractivity contribution in [3.8, 4) is 5.75 Å². The molecule has 0 saturated heterocycles. The number of amides is 1. The normalized spacial score (nSPS) is 11.7. The smallest absolute Gasteiger partial charge is 0.327 e. The minimum Gasteiger partial charge on any atom is -0.492 e. The van der Waals surface area contributed by atoms with E-state index in [1.165, 1.54) is 6.92 Å². The highest BCUT2D eigenvalue weighted by Crippen LogP contribution is 2.11. The number of hydrogen-bond acceptors (Lipinski definition) is 4. The van der Waals surface area contributed by atoms with E-state index in [4.69, 9.17) is 9.84 Å². The fourth-order valence-corrected chi connectivity index (χ4v) is 1.64. The van der Waals surface area contributed by atoms with Gasteiger partial charge in [0.25, 0.3) is 0 Å². The van der Waals surface area contributed by atoms with Crippen molar-refractivity contribution in [2.75, 3.05) is 19.7 Å². The van der Waals surface area contributed by atoms with Gasteiger partial charge in [-0.05, 0) is 24.6 Å². The van der Waals surface area contributed by atoms with E-state index in [1.807, 2.05) is 31.2 Å². The summed E-state index contributed by atoms with van der Waals surface area (Å²) in [5.41, 5.74) is 1.12. The van der Waals surface area contributed by atoms with Gasteiger partial charge in [-0.3, -0.25) is 4.79 Å². The van der Waals surface area contributed by atoms with Crippen LogP contribution in [0.1, 0.15) is 12.5 Å². The van der Waals surface area contributed by atoms with Crippen molar-refractivity contribution >= 4 is 11.9 Å². The van der Waals surface area contributed by atoms with Crippen molar-refractivity contribution in [2.24, 2.45) is 0 Å². The van der Waals surface area contributed by atoms with Crippen LogP contribution < -0.4 is 15.4 Å². The van der Waals surface area contributed by atoms with Gasteiger partial charge in [-0.1, -0.05) is 12.1 Å². The van der Waals surface area contributed by atoms with Crippen LogP contribution in [0.15, 0.2) is 24.3 Å². The largest absolute Gasteiger partial charge is 0.492 e. The second-order valence-electron chi connectivity index (χ2n) is 4.46. The van der Waals surface area contributed by atoms with Crippen LogP contribution in [0.2, 0.25) is 0 Å². The topological polar surface area (TPSA) is 87.7 Å². The summed E-state index contributed by atoms with van der Waals surface area (Å²) < 4.78 is 5.51. The summed E-state index contributed by atoms with van der Waals surface area (Å²) in [5.74, 6) is -0.647. The van der Waals surface area contributed by atoms with E-state index in [9.17, 15) is 9.59 Å². The number of carbonyl (C=O) groups excluding carboxylic acids is 1. The quantitative estimate of drug-likeness (QED) is 0.605. The number of rotatable bonds is 8. The molecule has 1 aromatic rings. The summed E-state index contributed by atoms with van der Waals surface area (Å²) >= 11 is 0. The summed E-state index contributed by atoms with van der Waals surface area (Å²) in [5, 5.41) is 14.2. The van der Waals surface area contributed by atoms with Gasteiger partial charge in [0.1, 0.15) is 18.4 Å². The van der Waals surface area contributed by atoms with Crippen molar-refractivity contribution < 1.29 is 19.4 Å². The first-order valence-corrected chi connectivity index (χ1v) is 6.39. The summed E-state index contributed by atoms with van der Waals surface area (Å²) in [4.78, 5) is 21.7. The molecule has 110 valence electrons. The zero-order valence-corrected chi connectivity index (χ0v) is 11.7. The molecule has 0 aliphatic heterocycles. The van der Waals surface area contributed by atoms with Crippen molar-refractivity contribution in [1.82, 2.24) is 10.6 Å². The number of ether oxygens (including phenoxy) is 1. The molecule has 1 amide bonds. The zero-order chi connectivity index (χ0) is 15.0. The van der Waals surface area contributed by atoms with Crippen LogP contribution in [0.4, 0.5) is 0 Å². The molecule has 0 spiro atoms. The molecule has 3 N–H and O–H groups in total. The molecule has 0 fully saturated rings. The lowest BCUT2D eigenvalue weighted by Crippen LogP contribution is -2.47. The molecule has 6 heteroatoms. The van der Waals surface area contributed by atoms with E-state index < -0.39 is 12.0 Å². The van der Waals surface area contributed by atoms with Crippen LogP contribution in [-0.4, -0.2) is 42.7 Å². The van der Waals surface area contributed by atoms with Gasteiger partial charge in [-0.2, -0.15) is 0 Å². The van der Waals surface area contributed by atoms with E-state index in [2.05, 4.69) is 10.6 Å². The van der Waals surface area contributed by atoms with Gasteiger partial charge < -0.3 is 20.5 Å². The Morgan fingerprint density at radius 3 is 2.75 bits per heavy atom. The number of carboxylic acid groups (broad SMARTS) is 1. The van der Waals surface area contributed by atoms with E-state index in [-0.39, 0.29) is 12.5 Å². The number of aryl methyl sites for hydroxylation is 1. The first-order valence-electron chi connectivity index (χ1n) is 6.39. The second kappa shape index (κ2) is 8.16. The number of aliphatic carboxylic acids is 1. The lowest BCUT2D eigenvalue weighted by atomic mass is 10.2. The average Bonchev–Trinajstić information content (AvgIpc) is 2.36. The van der Waals surface area contributed by atoms with Crippen LogP contribution in [0.25, 0.3) is 0 Å². The maximum atomic E-state index is 10.9. The fourth-order valence-electron chi connectivity index (χ4n) is 1.64. The zero-order valence-electron chi connectivity index (χ0n) is 11.7. The minimum atomic E-state index is -1.06. The Hall–Kier alpha value is -2.08. The second-order valence-corrected chi connectivity index (χ2v) is 4.46. The molecule has 0 saturated carbocycles. The first-order chi connectivity index (χ1) is 9.49. The lowest BCUT2D eigenvalue weighted by molar-refractivity contribution is -0.141. The molecular formula is C14H20N2O4. The Kier molecular flexibility index (Phi) is 6.52. The predicted octanol–water partition coefficient (Wildman–Crippen LogP) is 0.553. The molecule has 20 heavy (non-hydrogen) atoms. The molecule has 1 unspecified atom stereocenters. The standard InChI is InChI=1S/C14H20N2O4/c1-10-4-3-5-12(8-10)20-7-6-15-9-13(14(18)19)16-11(2)17/h3-5,8,13,15H,6-7,9H2,1-2H3,(H,16,17)(H,18,19). The number of carboxylic acids is 1. The van der Waals surface area contributed by atoms with Crippen LogP contribution in [0.3, 0.4) is 0 Å². The molecule has 0 heterocycles. The number of nitrogens with one attached hydrogen (secondary N) is 2. The molecule has 1 rings (SSSR count). The highest BCUT2D eigenvalue weighted by molar-refractivity contribution is 5.82. The maximum absolute atomic E-state index is 10.9. The van der Waals surface area contributed by atoms with Crippen molar-refractivity contribution in [3.05, 3.63) is 29.8 Å². The SMILES string of the molecule is CC(=O)NC(CNCCOc1cccc(C)c1)C(=O)O. The highest BCUT2D eigenvalue weighted by atomic mass is 16.5. The van der Waals surface area contributed by atoms with E-state index in [0.717, 1.165) is 11.3 Å². The van der Waals surface area contributed by atoms with E-state index in [1.54, 1.807) is 0 Å². The van der Waals surface area contributed by atoms with E-state index in [0.29, 0.717) is 13.2 Å². The number of hydrogen-bond donors (Lipinski definition) is 3. The van der Waals surface area contributed by atoms with Gasteiger partial charge in [0.05, 0.1) is 0 Å². The third kappa shape index (κ3) is 6.19. The molecule has 6 nitrogen and oxygen atoms in total. The Morgan fingerprint density at radius 2 is 2.15 bits per heavy atom. The Morgan fingerprint density at radius 1 is 1.40 bits per heavy atom. The number of carbonyl (C=O) groups is 2. The van der Waals surface area contributed by atoms with Gasteiger partial charge in [0, 0.05) is 20.0 Å². The monoisotopic (exact) mass is 280 g/mol. The first kappa shape index (κ1) is 16.0. The van der Waals surface area contributed by atoms with Crippen LogP contribution >= 0.6 is 0 Å². The summed E-state index contributed by atoms with van der Waals surface area (Å²) in [6, 6.07) is 6.76. The van der Waals surface area contributed by atoms with Crippen LogP contribution in [0, 0.1) is 6.92 Å². The van der Waals surface area contributed by atoms with Gasteiger partial charge in [-0.15, -0.1) is 0 Å². The highest BCUT2D eigenvalue weighted by Gasteiger charge is 2.17. The van der Waals surface area contributed by atoms with Gasteiger partial charge in [0.15, 0.2) is 0 Å². The Bertz CT molecular complexity index is 462. The maximum Gasteiger partial charge on any atom is 0.327 e. The van der Waals surface area contributed by atoms with E-state index >= 15 is 0 Å². The third-order valence-corrected chi connectivity index (χ3v) is 2.56. The van der Waals surface area contributed by atoms with Crippen LogP contribution in [0.5, 0.6) is 5.75 Å². The molecular weight excluding hydrogens is 260 g/mol. The summed E-state index contributed by atoms with van der Waals surface area (Å²) in [6.45, 7) is 4.35. The molecule has 0 bridgehead atoms. The summed E-state index contributed by atoms with van der Waals surface area (Å²) in [6.07, 6.45) is 0. The van der Waals surface area contributed by atoms with Gasteiger partial charge in [0.2, 0.25) is 5.91 Å². The van der Waals surface area contributed by atoms with Crippen LogP contribution in [-0.2, 0) is 9.59 Å². The molecule has 0 aliphatic rings. The summed E-state index contributed by atoms with van der Waals surface area (Å²) in [7, 11) is 0. The number of benzene rings is 1.